The number of hydrogen-bond acceptors (Lipinski definition) is 2. The molecule has 0 fully saturated rings. The zero-order valence-corrected chi connectivity index (χ0v) is 17.5. The molecule has 30 heavy (non-hydrogen) atoms. The van der Waals surface area contributed by atoms with Crippen molar-refractivity contribution in [2.45, 2.75) is 25.7 Å². The van der Waals surface area contributed by atoms with E-state index in [0.29, 0.717) is 13.0 Å². The lowest BCUT2D eigenvalue weighted by atomic mass is 9.87. The summed E-state index contributed by atoms with van der Waals surface area (Å²) >= 11 is 0. The van der Waals surface area contributed by atoms with Gasteiger partial charge in [0.15, 0.2) is 0 Å². The van der Waals surface area contributed by atoms with Gasteiger partial charge in [-0.25, -0.2) is 0 Å². The second-order valence-electron chi connectivity index (χ2n) is 7.80. The average molecular weight is 398 g/mol. The first-order valence-electron chi connectivity index (χ1n) is 10.4. The van der Waals surface area contributed by atoms with Crippen molar-refractivity contribution >= 4 is 16.8 Å². The number of rotatable bonds is 7. The standard InChI is InChI=1S/C26H27N3O/c1-19-10-12-20(13-11-19)23(24-18-29(2)25-9-4-3-8-22(24)25)17-26(30)28-16-14-21-7-5-6-15-27-21/h3-13,15,18,23H,14,16-17H2,1-2H3,(H,28,30). The van der Waals surface area contributed by atoms with Gasteiger partial charge in [0, 0.05) is 61.3 Å². The van der Waals surface area contributed by atoms with Crippen LogP contribution in [0.1, 0.15) is 34.7 Å². The number of aryl methyl sites for hydroxylation is 2. The summed E-state index contributed by atoms with van der Waals surface area (Å²) in [5.41, 5.74) is 5.74. The summed E-state index contributed by atoms with van der Waals surface area (Å²) in [4.78, 5) is 17.2. The van der Waals surface area contributed by atoms with E-state index in [1.807, 2.05) is 18.2 Å². The number of fused-ring (bicyclic) bond motifs is 1. The molecule has 2 heterocycles. The Bertz CT molecular complexity index is 1130. The van der Waals surface area contributed by atoms with E-state index >= 15 is 0 Å². The molecule has 1 unspecified atom stereocenters. The molecule has 152 valence electrons. The molecule has 2 aromatic heterocycles. The third-order valence-electron chi connectivity index (χ3n) is 5.60. The Morgan fingerprint density at radius 2 is 1.80 bits per heavy atom. The number of hydrogen-bond donors (Lipinski definition) is 1. The number of carbonyl (C=O) groups is 1. The van der Waals surface area contributed by atoms with Gasteiger partial charge in [0.25, 0.3) is 0 Å². The fourth-order valence-electron chi connectivity index (χ4n) is 3.99. The average Bonchev–Trinajstić information content (AvgIpc) is 3.10. The molecule has 0 aliphatic heterocycles. The van der Waals surface area contributed by atoms with Crippen LogP contribution in [0.15, 0.2) is 79.1 Å². The predicted octanol–water partition coefficient (Wildman–Crippen LogP) is 4.76. The number of nitrogens with zero attached hydrogens (tertiary/aromatic N) is 2. The van der Waals surface area contributed by atoms with E-state index in [2.05, 4.69) is 83.6 Å². The van der Waals surface area contributed by atoms with Gasteiger partial charge in [-0.2, -0.15) is 0 Å². The topological polar surface area (TPSA) is 46.9 Å². The molecule has 2 aromatic carbocycles. The quantitative estimate of drug-likeness (QED) is 0.489. The van der Waals surface area contributed by atoms with Crippen LogP contribution in [-0.4, -0.2) is 22.0 Å². The van der Waals surface area contributed by atoms with Gasteiger partial charge >= 0.3 is 0 Å². The van der Waals surface area contributed by atoms with E-state index in [-0.39, 0.29) is 11.8 Å². The normalized spacial score (nSPS) is 12.1. The summed E-state index contributed by atoms with van der Waals surface area (Å²) in [6.07, 6.45) is 5.09. The Kier molecular flexibility index (Phi) is 5.94. The number of nitrogens with one attached hydrogen (secondary N) is 1. The predicted molar refractivity (Wildman–Crippen MR) is 122 cm³/mol. The van der Waals surface area contributed by atoms with Gasteiger partial charge in [0.1, 0.15) is 0 Å². The maximum absolute atomic E-state index is 12.9. The van der Waals surface area contributed by atoms with Crippen LogP contribution in [0, 0.1) is 6.92 Å². The monoisotopic (exact) mass is 397 g/mol. The van der Waals surface area contributed by atoms with E-state index < -0.39 is 0 Å². The van der Waals surface area contributed by atoms with Crippen molar-refractivity contribution in [3.8, 4) is 0 Å². The van der Waals surface area contributed by atoms with Gasteiger partial charge < -0.3 is 9.88 Å². The number of carbonyl (C=O) groups excluding carboxylic acids is 1. The van der Waals surface area contributed by atoms with E-state index in [0.717, 1.165) is 17.7 Å². The lowest BCUT2D eigenvalue weighted by molar-refractivity contribution is -0.121. The first kappa shape index (κ1) is 19.9. The summed E-state index contributed by atoms with van der Waals surface area (Å²) in [7, 11) is 2.06. The molecule has 0 spiro atoms. The summed E-state index contributed by atoms with van der Waals surface area (Å²) in [6.45, 7) is 2.67. The Morgan fingerprint density at radius 3 is 2.57 bits per heavy atom. The van der Waals surface area contributed by atoms with Crippen molar-refractivity contribution in [1.82, 2.24) is 14.9 Å². The summed E-state index contributed by atoms with van der Waals surface area (Å²) in [5.74, 6) is 0.0657. The van der Waals surface area contributed by atoms with Crippen molar-refractivity contribution in [3.63, 3.8) is 0 Å². The molecule has 1 atom stereocenters. The second-order valence-corrected chi connectivity index (χ2v) is 7.80. The highest BCUT2D eigenvalue weighted by Crippen LogP contribution is 2.34. The van der Waals surface area contributed by atoms with Crippen LogP contribution in [0.2, 0.25) is 0 Å². The molecule has 0 bridgehead atoms. The van der Waals surface area contributed by atoms with Crippen LogP contribution in [0.5, 0.6) is 0 Å². The number of aromatic nitrogens is 2. The van der Waals surface area contributed by atoms with E-state index in [9.17, 15) is 4.79 Å². The van der Waals surface area contributed by atoms with Crippen LogP contribution in [0.25, 0.3) is 10.9 Å². The zero-order chi connectivity index (χ0) is 20.9. The van der Waals surface area contributed by atoms with Crippen molar-refractivity contribution in [3.05, 3.63) is 102 Å². The Morgan fingerprint density at radius 1 is 1.03 bits per heavy atom. The van der Waals surface area contributed by atoms with Gasteiger partial charge in [-0.1, -0.05) is 54.1 Å². The van der Waals surface area contributed by atoms with E-state index in [1.165, 1.54) is 22.0 Å². The van der Waals surface area contributed by atoms with Gasteiger partial charge in [0.2, 0.25) is 5.91 Å². The van der Waals surface area contributed by atoms with Crippen molar-refractivity contribution < 1.29 is 4.79 Å². The lowest BCUT2D eigenvalue weighted by Crippen LogP contribution is -2.27. The molecule has 1 amide bonds. The molecular weight excluding hydrogens is 370 g/mol. The molecule has 0 aliphatic rings. The molecule has 0 saturated carbocycles. The number of para-hydroxylation sites is 1. The van der Waals surface area contributed by atoms with Crippen molar-refractivity contribution in [2.24, 2.45) is 7.05 Å². The van der Waals surface area contributed by atoms with E-state index in [1.54, 1.807) is 6.20 Å². The lowest BCUT2D eigenvalue weighted by Gasteiger charge is -2.17. The molecule has 4 rings (SSSR count). The maximum Gasteiger partial charge on any atom is 0.220 e. The Balaban J connectivity index is 1.56. The fraction of sp³-hybridized carbons (Fsp3) is 0.231. The summed E-state index contributed by atoms with van der Waals surface area (Å²) in [5, 5.41) is 4.28. The van der Waals surface area contributed by atoms with Gasteiger partial charge in [-0.05, 0) is 36.2 Å². The van der Waals surface area contributed by atoms with Crippen LogP contribution in [-0.2, 0) is 18.3 Å². The minimum absolute atomic E-state index is 0.00607. The first-order chi connectivity index (χ1) is 14.6. The largest absolute Gasteiger partial charge is 0.356 e. The molecule has 1 N–H and O–H groups in total. The van der Waals surface area contributed by atoms with Gasteiger partial charge in [-0.15, -0.1) is 0 Å². The Labute approximate surface area is 177 Å². The Hall–Kier alpha value is -3.40. The maximum atomic E-state index is 12.9. The fourth-order valence-corrected chi connectivity index (χ4v) is 3.99. The van der Waals surface area contributed by atoms with Crippen LogP contribution in [0.3, 0.4) is 0 Å². The van der Waals surface area contributed by atoms with Crippen LogP contribution < -0.4 is 5.32 Å². The minimum Gasteiger partial charge on any atom is -0.356 e. The molecule has 4 heteroatoms. The van der Waals surface area contributed by atoms with E-state index in [4.69, 9.17) is 0 Å². The molecule has 0 saturated heterocycles. The molecule has 0 radical (unpaired) electrons. The zero-order valence-electron chi connectivity index (χ0n) is 17.5. The summed E-state index contributed by atoms with van der Waals surface area (Å²) < 4.78 is 2.14. The first-order valence-corrected chi connectivity index (χ1v) is 10.4. The van der Waals surface area contributed by atoms with Crippen molar-refractivity contribution in [1.29, 1.82) is 0 Å². The summed E-state index contributed by atoms with van der Waals surface area (Å²) in [6, 6.07) is 22.8. The van der Waals surface area contributed by atoms with Crippen LogP contribution in [0.4, 0.5) is 0 Å². The molecule has 4 nitrogen and oxygen atoms in total. The smallest absolute Gasteiger partial charge is 0.220 e. The highest BCUT2D eigenvalue weighted by Gasteiger charge is 2.22. The molecule has 4 aromatic rings. The highest BCUT2D eigenvalue weighted by atomic mass is 16.1. The van der Waals surface area contributed by atoms with Crippen molar-refractivity contribution in [2.75, 3.05) is 6.54 Å². The van der Waals surface area contributed by atoms with Gasteiger partial charge in [-0.3, -0.25) is 9.78 Å². The number of amides is 1. The number of pyridine rings is 1. The van der Waals surface area contributed by atoms with Gasteiger partial charge in [0.05, 0.1) is 0 Å². The highest BCUT2D eigenvalue weighted by molar-refractivity contribution is 5.86. The third-order valence-corrected chi connectivity index (χ3v) is 5.60. The SMILES string of the molecule is Cc1ccc(C(CC(=O)NCCc2ccccn2)c2cn(C)c3ccccc23)cc1. The molecular formula is C26H27N3O. The second kappa shape index (κ2) is 8.95. The minimum atomic E-state index is 0.00607. The third kappa shape index (κ3) is 4.43. The van der Waals surface area contributed by atoms with Crippen LogP contribution >= 0.6 is 0 Å². The number of benzene rings is 2. The molecule has 0 aliphatic carbocycles.